The maximum atomic E-state index is 2.31. The summed E-state index contributed by atoms with van der Waals surface area (Å²) in [5.41, 5.74) is 2.88. The summed E-state index contributed by atoms with van der Waals surface area (Å²) in [7, 11) is 0. The Kier molecular flexibility index (Phi) is 3.98. The van der Waals surface area contributed by atoms with Gasteiger partial charge in [0.05, 0.1) is 0 Å². The van der Waals surface area contributed by atoms with Crippen molar-refractivity contribution >= 4 is 0 Å². The van der Waals surface area contributed by atoms with Crippen molar-refractivity contribution in [2.45, 2.75) is 32.1 Å². The Morgan fingerprint density at radius 3 is 1.35 bits per heavy atom. The Morgan fingerprint density at radius 1 is 0.647 bits per heavy atom. The van der Waals surface area contributed by atoms with E-state index in [0.29, 0.717) is 11.8 Å². The fourth-order valence-electron chi connectivity index (χ4n) is 2.37. The lowest BCUT2D eigenvalue weighted by Crippen LogP contribution is -2.00. The van der Waals surface area contributed by atoms with E-state index in [0.717, 1.165) is 0 Å². The molecule has 2 aromatic rings. The summed E-state index contributed by atoms with van der Waals surface area (Å²) in [6, 6.07) is 21.6. The highest BCUT2D eigenvalue weighted by Crippen LogP contribution is 2.28. The molecule has 0 aliphatic carbocycles. The van der Waals surface area contributed by atoms with E-state index in [1.165, 1.54) is 17.5 Å². The van der Waals surface area contributed by atoms with Gasteiger partial charge in [-0.05, 0) is 29.4 Å². The average molecular weight is 224 g/mol. The molecule has 0 unspecified atom stereocenters. The first-order chi connectivity index (χ1) is 8.27. The van der Waals surface area contributed by atoms with Crippen molar-refractivity contribution in [3.8, 4) is 0 Å². The second-order valence-corrected chi connectivity index (χ2v) is 4.86. The van der Waals surface area contributed by atoms with Gasteiger partial charge in [0.15, 0.2) is 0 Å². The summed E-state index contributed by atoms with van der Waals surface area (Å²) in [6.07, 6.45) is 1.20. The van der Waals surface area contributed by atoms with Crippen molar-refractivity contribution in [2.24, 2.45) is 0 Å². The Bertz CT molecular complexity index is 387. The first-order valence-corrected chi connectivity index (χ1v) is 6.37. The van der Waals surface area contributed by atoms with Crippen molar-refractivity contribution in [1.82, 2.24) is 0 Å². The second-order valence-electron chi connectivity index (χ2n) is 4.86. The third-order valence-electron chi connectivity index (χ3n) is 3.44. The molecule has 2 aromatic carbocycles. The Hall–Kier alpha value is -1.56. The summed E-state index contributed by atoms with van der Waals surface area (Å²) in [5.74, 6) is 1.23. The summed E-state index contributed by atoms with van der Waals surface area (Å²) >= 11 is 0. The first kappa shape index (κ1) is 11.9. The second kappa shape index (κ2) is 5.67. The molecule has 0 saturated heterocycles. The van der Waals surface area contributed by atoms with Crippen LogP contribution in [-0.2, 0) is 0 Å². The van der Waals surface area contributed by atoms with E-state index in [1.54, 1.807) is 0 Å². The molecule has 2 rings (SSSR count). The SMILES string of the molecule is C[C@@H](C[C@H](C)c1ccccc1)c1ccccc1. The minimum Gasteiger partial charge on any atom is -0.0622 e. The van der Waals surface area contributed by atoms with Crippen LogP contribution in [0.1, 0.15) is 43.2 Å². The molecule has 0 amide bonds. The Balaban J connectivity index is 2.02. The van der Waals surface area contributed by atoms with Gasteiger partial charge in [-0.25, -0.2) is 0 Å². The quantitative estimate of drug-likeness (QED) is 0.686. The van der Waals surface area contributed by atoms with Gasteiger partial charge in [0, 0.05) is 0 Å². The summed E-state index contributed by atoms with van der Waals surface area (Å²) in [6.45, 7) is 4.63. The van der Waals surface area contributed by atoms with Gasteiger partial charge < -0.3 is 0 Å². The highest BCUT2D eigenvalue weighted by Gasteiger charge is 2.11. The number of benzene rings is 2. The van der Waals surface area contributed by atoms with Gasteiger partial charge in [0.2, 0.25) is 0 Å². The fourth-order valence-corrected chi connectivity index (χ4v) is 2.37. The molecule has 0 aromatic heterocycles. The van der Waals surface area contributed by atoms with Crippen molar-refractivity contribution in [3.63, 3.8) is 0 Å². The normalized spacial score (nSPS) is 14.2. The summed E-state index contributed by atoms with van der Waals surface area (Å²) in [5, 5.41) is 0. The molecule has 0 saturated carbocycles. The molecule has 0 N–H and O–H groups in total. The van der Waals surface area contributed by atoms with Crippen molar-refractivity contribution in [1.29, 1.82) is 0 Å². The zero-order valence-corrected chi connectivity index (χ0v) is 10.6. The molecule has 0 nitrogen and oxygen atoms in total. The lowest BCUT2D eigenvalue weighted by molar-refractivity contribution is 0.593. The molecule has 0 spiro atoms. The first-order valence-electron chi connectivity index (χ1n) is 6.37. The predicted molar refractivity (Wildman–Crippen MR) is 74.3 cm³/mol. The highest BCUT2D eigenvalue weighted by molar-refractivity contribution is 5.22. The average Bonchev–Trinajstić information content (AvgIpc) is 2.40. The van der Waals surface area contributed by atoms with E-state index in [4.69, 9.17) is 0 Å². The van der Waals surface area contributed by atoms with Crippen LogP contribution in [0.15, 0.2) is 60.7 Å². The van der Waals surface area contributed by atoms with E-state index >= 15 is 0 Å². The van der Waals surface area contributed by atoms with Crippen LogP contribution < -0.4 is 0 Å². The monoisotopic (exact) mass is 224 g/mol. The van der Waals surface area contributed by atoms with Crippen LogP contribution in [-0.4, -0.2) is 0 Å². The molecule has 0 aliphatic heterocycles. The van der Waals surface area contributed by atoms with Gasteiger partial charge in [-0.1, -0.05) is 74.5 Å². The zero-order valence-electron chi connectivity index (χ0n) is 10.6. The third kappa shape index (κ3) is 3.20. The maximum absolute atomic E-state index is 2.31. The van der Waals surface area contributed by atoms with Crippen LogP contribution in [0.3, 0.4) is 0 Å². The molecule has 2 atom stereocenters. The van der Waals surface area contributed by atoms with E-state index < -0.39 is 0 Å². The van der Waals surface area contributed by atoms with Gasteiger partial charge in [-0.15, -0.1) is 0 Å². The van der Waals surface area contributed by atoms with Crippen LogP contribution in [0.4, 0.5) is 0 Å². The minimum atomic E-state index is 0.617. The molecule has 0 heterocycles. The highest BCUT2D eigenvalue weighted by atomic mass is 14.2. The topological polar surface area (TPSA) is 0 Å². The standard InChI is InChI=1S/C17H20/c1-14(16-9-5-3-6-10-16)13-15(2)17-11-7-4-8-12-17/h3-12,14-15H,13H2,1-2H3/t14-,15-/m0/s1. The summed E-state index contributed by atoms with van der Waals surface area (Å²) < 4.78 is 0. The zero-order chi connectivity index (χ0) is 12.1. The molecular formula is C17H20. The number of rotatable bonds is 4. The van der Waals surface area contributed by atoms with Crippen LogP contribution in [0.2, 0.25) is 0 Å². The molecule has 88 valence electrons. The number of hydrogen-bond acceptors (Lipinski definition) is 0. The molecule has 0 heteroatoms. The van der Waals surface area contributed by atoms with Crippen LogP contribution in [0.25, 0.3) is 0 Å². The van der Waals surface area contributed by atoms with Crippen LogP contribution in [0, 0.1) is 0 Å². The van der Waals surface area contributed by atoms with E-state index in [-0.39, 0.29) is 0 Å². The number of hydrogen-bond donors (Lipinski definition) is 0. The smallest absolute Gasteiger partial charge is 0.0185 e. The predicted octanol–water partition coefficient (Wildman–Crippen LogP) is 4.98. The summed E-state index contributed by atoms with van der Waals surface area (Å²) in [4.78, 5) is 0. The maximum Gasteiger partial charge on any atom is -0.0185 e. The molecule has 17 heavy (non-hydrogen) atoms. The van der Waals surface area contributed by atoms with Crippen LogP contribution in [0.5, 0.6) is 0 Å². The van der Waals surface area contributed by atoms with Crippen molar-refractivity contribution in [3.05, 3.63) is 71.8 Å². The van der Waals surface area contributed by atoms with E-state index in [1.807, 2.05) is 0 Å². The van der Waals surface area contributed by atoms with Gasteiger partial charge >= 0.3 is 0 Å². The lowest BCUT2D eigenvalue weighted by Gasteiger charge is -2.18. The fraction of sp³-hybridized carbons (Fsp3) is 0.294. The van der Waals surface area contributed by atoms with Crippen LogP contribution >= 0.6 is 0 Å². The van der Waals surface area contributed by atoms with Gasteiger partial charge in [-0.2, -0.15) is 0 Å². The van der Waals surface area contributed by atoms with Gasteiger partial charge in [-0.3, -0.25) is 0 Å². The van der Waals surface area contributed by atoms with Crippen molar-refractivity contribution < 1.29 is 0 Å². The van der Waals surface area contributed by atoms with E-state index in [2.05, 4.69) is 74.5 Å². The Morgan fingerprint density at radius 2 is 1.00 bits per heavy atom. The minimum absolute atomic E-state index is 0.617. The molecule has 0 radical (unpaired) electrons. The lowest BCUT2D eigenvalue weighted by atomic mass is 9.87. The van der Waals surface area contributed by atoms with Gasteiger partial charge in [0.1, 0.15) is 0 Å². The van der Waals surface area contributed by atoms with Crippen molar-refractivity contribution in [2.75, 3.05) is 0 Å². The third-order valence-corrected chi connectivity index (χ3v) is 3.44. The van der Waals surface area contributed by atoms with E-state index in [9.17, 15) is 0 Å². The molecule has 0 fully saturated rings. The molecular weight excluding hydrogens is 204 g/mol. The Labute approximate surface area is 104 Å². The molecule has 0 bridgehead atoms. The largest absolute Gasteiger partial charge is 0.0622 e. The molecule has 0 aliphatic rings. The van der Waals surface area contributed by atoms with Gasteiger partial charge in [0.25, 0.3) is 0 Å².